The minimum atomic E-state index is -3.70. The molecule has 12 rings (SSSR count). The molecule has 14 heteroatoms. The molecule has 0 fully saturated rings. The van der Waals surface area contributed by atoms with Crippen LogP contribution in [0, 0.1) is 0 Å². The monoisotopic (exact) mass is 1310 g/mol. The van der Waals surface area contributed by atoms with Crippen LogP contribution < -0.4 is 33.3 Å². The van der Waals surface area contributed by atoms with E-state index in [9.17, 15) is 16.8 Å². The molecule has 464 valence electrons. The summed E-state index contributed by atoms with van der Waals surface area (Å²) in [6.45, 7) is 10.1. The van der Waals surface area contributed by atoms with Crippen molar-refractivity contribution in [3.8, 4) is 46.0 Å². The molecule has 11 nitrogen and oxygen atoms in total. The molecule has 0 unspecified atom stereocenters. The van der Waals surface area contributed by atoms with E-state index in [1.807, 2.05) is 146 Å². The zero-order chi connectivity index (χ0) is 63.3. The molecule has 0 aromatic heterocycles. The van der Waals surface area contributed by atoms with Crippen LogP contribution in [0.1, 0.15) is 73.6 Å². The zero-order valence-electron chi connectivity index (χ0n) is 50.6. The highest BCUT2D eigenvalue weighted by atomic mass is 79.9. The number of unbranched alkanes of at least 4 members (excludes halogenated alkanes) is 6. The molecule has 0 saturated heterocycles. The summed E-state index contributed by atoms with van der Waals surface area (Å²) in [5.41, 5.74) is 7.32. The number of fused-ring (bicyclic) bond motifs is 4. The van der Waals surface area contributed by atoms with Gasteiger partial charge in [-0.1, -0.05) is 126 Å². The maximum Gasteiger partial charge on any atom is 0.206 e. The number of rotatable bonds is 25. The molecule has 2 aliphatic heterocycles. The van der Waals surface area contributed by atoms with E-state index in [4.69, 9.17) is 28.4 Å². The normalized spacial score (nSPS) is 11.8. The Bertz CT molecular complexity index is 4090. The molecule has 0 N–H and O–H groups in total. The van der Waals surface area contributed by atoms with Crippen LogP contribution in [-0.2, 0) is 26.1 Å². The fourth-order valence-electron chi connectivity index (χ4n) is 10.2. The number of benzene rings is 10. The molecule has 0 spiro atoms. The van der Waals surface area contributed by atoms with Crippen LogP contribution in [0.4, 0.5) is 17.1 Å². The molecular weight excluding hydrogens is 1240 g/mol. The number of halogens is 1. The van der Waals surface area contributed by atoms with Gasteiger partial charge in [0.15, 0.2) is 11.5 Å². The Morgan fingerprint density at radius 3 is 1.02 bits per heavy atom. The van der Waals surface area contributed by atoms with Gasteiger partial charge in [0.25, 0.3) is 0 Å². The van der Waals surface area contributed by atoms with E-state index in [0.717, 1.165) is 125 Å². The number of anilines is 3. The van der Waals surface area contributed by atoms with E-state index in [-0.39, 0.29) is 19.6 Å². The molecule has 0 atom stereocenters. The predicted octanol–water partition coefficient (Wildman–Crippen LogP) is 20.1. The Hall–Kier alpha value is -9.34. The number of hydrogen-bond donors (Lipinski definition) is 0. The molecule has 10 aromatic carbocycles. The van der Waals surface area contributed by atoms with Gasteiger partial charge in [-0.25, -0.2) is 16.8 Å². The molecule has 2 aliphatic rings. The van der Waals surface area contributed by atoms with Crippen LogP contribution in [0.15, 0.2) is 280 Å². The Morgan fingerprint density at radius 2 is 0.659 bits per heavy atom. The smallest absolute Gasteiger partial charge is 0.206 e. The van der Waals surface area contributed by atoms with E-state index in [1.165, 1.54) is 11.1 Å². The van der Waals surface area contributed by atoms with Gasteiger partial charge < -0.3 is 33.3 Å². The lowest BCUT2D eigenvalue weighted by Crippen LogP contribution is -2.15. The lowest BCUT2D eigenvalue weighted by molar-refractivity contribution is 0.287. The van der Waals surface area contributed by atoms with Gasteiger partial charge in [-0.3, -0.25) is 0 Å². The second-order valence-corrected chi connectivity index (χ2v) is 26.3. The van der Waals surface area contributed by atoms with Crippen LogP contribution >= 0.6 is 15.9 Å². The van der Waals surface area contributed by atoms with Crippen molar-refractivity contribution in [3.05, 3.63) is 283 Å². The van der Waals surface area contributed by atoms with E-state index in [1.54, 1.807) is 84.9 Å². The Morgan fingerprint density at radius 1 is 0.363 bits per heavy atom. The molecule has 0 aliphatic carbocycles. The fraction of sp³-hybridized carbons (Fsp3) is 0.169. The summed E-state index contributed by atoms with van der Waals surface area (Å²) >= 11 is 3.32. The number of sulfone groups is 2. The highest BCUT2D eigenvalue weighted by Gasteiger charge is 2.26. The molecule has 0 saturated carbocycles. The zero-order valence-corrected chi connectivity index (χ0v) is 53.8. The summed E-state index contributed by atoms with van der Waals surface area (Å²) in [7, 11) is -7.23. The largest absolute Gasteiger partial charge is 0.494 e. The van der Waals surface area contributed by atoms with Crippen molar-refractivity contribution in [1.29, 1.82) is 0 Å². The third-order valence-electron chi connectivity index (χ3n) is 15.2. The lowest BCUT2D eigenvalue weighted by Gasteiger charge is -2.32. The Balaban J connectivity index is 0.000000170. The molecule has 0 amide bonds. The standard InChI is InChI=1S/C38H35NO5S.C26H27BrO4S.C13H10O/c1-2-29-15-19-31(20-16-29)42-27-9-3-4-10-28-43-32-21-25-34(26-22-32)45(40,41)33-23-17-30(18-24-33)39-35-11-5-7-13-37(35)44-38-14-8-6-12-36(38)39;1-2-21-7-11-23(12-8-21)30-19-5-3-4-6-20-31-24-13-17-26(18-14-24)32(28,29)25-15-9-22(27)10-16-25;1-3-7-12-10(5-1)9-11-6-2-4-8-13(11)14-12/h2,5-8,11-26H,1,3-4,9-10,27-28H2;2,7-18H,1,3-6,19-20H2;1-8H,9H2. The predicted molar refractivity (Wildman–Crippen MR) is 367 cm³/mol. The SMILES string of the molecule is C=Cc1ccc(OCCCCCCOc2ccc(S(=O)(=O)c3ccc(Br)cc3)cc2)cc1.C=Cc1ccc(OCCCCCCOc2ccc(S(=O)(=O)c3ccc(N4c5ccccc5Oc5ccccc54)cc3)cc2)cc1.c1ccc2c(c1)Cc1ccccc1O2. The van der Waals surface area contributed by atoms with Crippen LogP contribution in [0.2, 0.25) is 0 Å². The van der Waals surface area contributed by atoms with Crippen molar-refractivity contribution in [2.45, 2.75) is 77.4 Å². The minimum absolute atomic E-state index is 0.226. The first-order valence-corrected chi connectivity index (χ1v) is 34.2. The molecule has 0 radical (unpaired) electrons. The molecule has 0 bridgehead atoms. The van der Waals surface area contributed by atoms with Crippen LogP contribution in [0.3, 0.4) is 0 Å². The summed E-state index contributed by atoms with van der Waals surface area (Å²) < 4.78 is 88.1. The highest BCUT2D eigenvalue weighted by Crippen LogP contribution is 2.50. The van der Waals surface area contributed by atoms with E-state index < -0.39 is 19.7 Å². The third kappa shape index (κ3) is 17.5. The first kappa shape index (κ1) is 64.6. The summed E-state index contributed by atoms with van der Waals surface area (Å²) in [5, 5.41) is 0. The number of nitrogens with zero attached hydrogens (tertiary/aromatic N) is 1. The van der Waals surface area contributed by atoms with Crippen LogP contribution in [0.5, 0.6) is 46.0 Å². The second-order valence-electron chi connectivity index (χ2n) is 21.5. The number of hydrogen-bond acceptors (Lipinski definition) is 11. The summed E-state index contributed by atoms with van der Waals surface area (Å²) in [4.78, 5) is 3.06. The lowest BCUT2D eigenvalue weighted by atomic mass is 10.0. The van der Waals surface area contributed by atoms with Crippen LogP contribution in [-0.4, -0.2) is 43.3 Å². The molecule has 10 aromatic rings. The van der Waals surface area contributed by atoms with Crippen molar-refractivity contribution in [2.75, 3.05) is 31.3 Å². The third-order valence-corrected chi connectivity index (χ3v) is 19.3. The van der Waals surface area contributed by atoms with E-state index in [0.29, 0.717) is 37.9 Å². The average molecular weight is 1320 g/mol. The van der Waals surface area contributed by atoms with Gasteiger partial charge in [-0.15, -0.1) is 0 Å². The second kappa shape index (κ2) is 31.9. The van der Waals surface area contributed by atoms with Crippen molar-refractivity contribution in [1.82, 2.24) is 0 Å². The minimum Gasteiger partial charge on any atom is -0.494 e. The van der Waals surface area contributed by atoms with Gasteiger partial charge in [0.1, 0.15) is 34.5 Å². The number of ether oxygens (including phenoxy) is 6. The Kier molecular flexibility index (Phi) is 22.7. The van der Waals surface area contributed by atoms with Crippen molar-refractivity contribution >= 4 is 64.8 Å². The summed E-state index contributed by atoms with van der Waals surface area (Å²) in [6.07, 6.45) is 12.6. The van der Waals surface area contributed by atoms with Crippen molar-refractivity contribution in [2.24, 2.45) is 0 Å². The van der Waals surface area contributed by atoms with Gasteiger partial charge in [0.2, 0.25) is 19.7 Å². The number of para-hydroxylation sites is 6. The first-order chi connectivity index (χ1) is 44.4. The van der Waals surface area contributed by atoms with Gasteiger partial charge in [0.05, 0.1) is 57.4 Å². The highest BCUT2D eigenvalue weighted by molar-refractivity contribution is 9.10. The van der Waals surface area contributed by atoms with E-state index in [2.05, 4.69) is 58.3 Å². The van der Waals surface area contributed by atoms with Crippen molar-refractivity contribution < 1.29 is 45.3 Å². The van der Waals surface area contributed by atoms with Gasteiger partial charge in [0, 0.05) is 16.6 Å². The molecule has 2 heterocycles. The van der Waals surface area contributed by atoms with Gasteiger partial charge >= 0.3 is 0 Å². The maximum atomic E-state index is 13.4. The fourth-order valence-corrected chi connectivity index (χ4v) is 13.0. The molecular formula is C77H72BrNO10S2. The van der Waals surface area contributed by atoms with E-state index >= 15 is 0 Å². The molecule has 91 heavy (non-hydrogen) atoms. The average Bonchev–Trinajstić information content (AvgIpc) is 0.801. The summed E-state index contributed by atoms with van der Waals surface area (Å²) in [6, 6.07) is 74.6. The Labute approximate surface area is 543 Å². The summed E-state index contributed by atoms with van der Waals surface area (Å²) in [5.74, 6) is 6.54. The first-order valence-electron chi connectivity index (χ1n) is 30.5. The quantitative estimate of drug-likeness (QED) is 0.0508. The topological polar surface area (TPSA) is 127 Å². The van der Waals surface area contributed by atoms with Crippen LogP contribution in [0.25, 0.3) is 12.2 Å². The maximum absolute atomic E-state index is 13.4. The van der Waals surface area contributed by atoms with Crippen molar-refractivity contribution in [3.63, 3.8) is 0 Å². The van der Waals surface area contributed by atoms with Gasteiger partial charge in [-0.05, 0) is 231 Å². The van der Waals surface area contributed by atoms with Gasteiger partial charge in [-0.2, -0.15) is 0 Å².